The van der Waals surface area contributed by atoms with Gasteiger partial charge in [0.2, 0.25) is 29.5 Å². The molecule has 1 aromatic carbocycles. The van der Waals surface area contributed by atoms with Crippen LogP contribution in [0.25, 0.3) is 0 Å². The molecule has 3 saturated heterocycles. The van der Waals surface area contributed by atoms with Crippen molar-refractivity contribution in [3.8, 4) is 0 Å². The number of hydrogen-bond donors (Lipinski definition) is 3. The second-order valence-electron chi connectivity index (χ2n) is 14.6. The molecular weight excluding hydrogens is 767 g/mol. The van der Waals surface area contributed by atoms with E-state index in [1.807, 2.05) is 30.3 Å². The van der Waals surface area contributed by atoms with E-state index in [1.165, 1.54) is 38.5 Å². The van der Waals surface area contributed by atoms with Gasteiger partial charge in [0.15, 0.2) is 0 Å². The molecule has 6 amide bonds. The van der Waals surface area contributed by atoms with E-state index >= 15 is 0 Å². The van der Waals surface area contributed by atoms with Gasteiger partial charge in [0.05, 0.1) is 6.04 Å². The number of carbonyl (C=O) groups is 6. The third-order valence-corrected chi connectivity index (χ3v) is 13.3. The Labute approximate surface area is 329 Å². The van der Waals surface area contributed by atoms with Crippen LogP contribution in [-0.2, 0) is 52.0 Å². The molecule has 298 valence electrons. The van der Waals surface area contributed by atoms with Gasteiger partial charge in [-0.1, -0.05) is 30.3 Å². The molecule has 0 aliphatic carbocycles. The standard InChI is InChI=1S/C37H49N7O8S3/c1-54(51)19-14-24-36(49)44-18-8-13-30(44)37(50)43-17-7-12-29(43)32(46)39-25(15-20-55(2)52)35(48)42-16-6-11-28(42)33(47)40-26(21-23-9-4-3-5-10-23)34-41-27(22-53-34)31(45)38-24/h3-5,9-10,22,24-26,28-30H,6-8,11-21H2,1-2H3,(H,38,45)(H,39,46)(H,40,47)/t24-,25-,26-,28-,29-,30-,54-,55-/m0/s1. The van der Waals surface area contributed by atoms with Crippen LogP contribution in [0.4, 0.5) is 0 Å². The topological polar surface area (TPSA) is 195 Å². The Kier molecular flexibility index (Phi) is 13.5. The molecule has 4 aliphatic heterocycles. The largest absolute Gasteiger partial charge is 0.345 e. The fourth-order valence-electron chi connectivity index (χ4n) is 7.94. The van der Waals surface area contributed by atoms with Crippen LogP contribution in [0.5, 0.6) is 0 Å². The number of benzene rings is 1. The van der Waals surface area contributed by atoms with Crippen molar-refractivity contribution >= 4 is 68.4 Å². The van der Waals surface area contributed by atoms with Gasteiger partial charge < -0.3 is 30.7 Å². The third kappa shape index (κ3) is 9.68. The van der Waals surface area contributed by atoms with Crippen molar-refractivity contribution in [2.75, 3.05) is 43.7 Å². The predicted octanol–water partition coefficient (Wildman–Crippen LogP) is 0.650. The van der Waals surface area contributed by atoms with Crippen molar-refractivity contribution in [3.63, 3.8) is 0 Å². The maximum Gasteiger partial charge on any atom is 0.271 e. The first-order valence-electron chi connectivity index (χ1n) is 18.8. The summed E-state index contributed by atoms with van der Waals surface area (Å²) in [6, 6.07) is 4.02. The van der Waals surface area contributed by atoms with Crippen molar-refractivity contribution in [1.82, 2.24) is 35.6 Å². The van der Waals surface area contributed by atoms with E-state index in [0.29, 0.717) is 50.0 Å². The molecule has 3 fully saturated rings. The molecule has 15 nitrogen and oxygen atoms in total. The number of rotatable bonds is 8. The fraction of sp³-hybridized carbons (Fsp3) is 0.595. The van der Waals surface area contributed by atoms with E-state index in [-0.39, 0.29) is 55.6 Å². The van der Waals surface area contributed by atoms with Crippen molar-refractivity contribution in [2.45, 2.75) is 94.0 Å². The van der Waals surface area contributed by atoms with Crippen molar-refractivity contribution in [2.24, 2.45) is 0 Å². The van der Waals surface area contributed by atoms with Crippen LogP contribution in [0.2, 0.25) is 0 Å². The van der Waals surface area contributed by atoms with Crippen molar-refractivity contribution < 1.29 is 37.2 Å². The second kappa shape index (κ2) is 18.3. The molecule has 2 aromatic rings. The summed E-state index contributed by atoms with van der Waals surface area (Å²) in [5, 5.41) is 10.8. The van der Waals surface area contributed by atoms with Gasteiger partial charge in [-0.3, -0.25) is 37.2 Å². The smallest absolute Gasteiger partial charge is 0.271 e. The molecule has 18 heteroatoms. The van der Waals surface area contributed by atoms with E-state index in [1.54, 1.807) is 5.38 Å². The van der Waals surface area contributed by atoms with Gasteiger partial charge in [0.1, 0.15) is 40.9 Å². The van der Waals surface area contributed by atoms with E-state index in [4.69, 9.17) is 0 Å². The van der Waals surface area contributed by atoms with Crippen molar-refractivity contribution in [1.29, 1.82) is 0 Å². The van der Waals surface area contributed by atoms with Gasteiger partial charge in [-0.15, -0.1) is 11.3 Å². The van der Waals surface area contributed by atoms with E-state index in [9.17, 15) is 37.2 Å². The third-order valence-electron chi connectivity index (χ3n) is 10.8. The Bertz CT molecular complexity index is 1830. The minimum Gasteiger partial charge on any atom is -0.345 e. The van der Waals surface area contributed by atoms with Crippen LogP contribution in [0, 0.1) is 0 Å². The number of amides is 6. The van der Waals surface area contributed by atoms with E-state index in [2.05, 4.69) is 20.9 Å². The van der Waals surface area contributed by atoms with Gasteiger partial charge in [-0.2, -0.15) is 0 Å². The molecule has 4 aliphatic rings. The number of aromatic nitrogens is 1. The number of nitrogens with one attached hydrogen (secondary N) is 3. The van der Waals surface area contributed by atoms with Crippen LogP contribution in [0.15, 0.2) is 35.7 Å². The average molecular weight is 816 g/mol. The summed E-state index contributed by atoms with van der Waals surface area (Å²) < 4.78 is 24.4. The summed E-state index contributed by atoms with van der Waals surface area (Å²) in [4.78, 5) is 93.5. The highest BCUT2D eigenvalue weighted by atomic mass is 32.2. The Morgan fingerprint density at radius 2 is 1.16 bits per heavy atom. The minimum atomic E-state index is -1.27. The zero-order valence-electron chi connectivity index (χ0n) is 31.1. The SMILES string of the molecule is C[S@](=O)CC[C@@H]1NC(=O)[C@@H]2CCCN2C(=O)[C@@H]2CCCN2C(=O)[C@H](CC[S@](C)=O)NC(=O)c2csc(n2)[C@H](Cc2ccccc2)NC(=O)[C@@H]2CCCN2C1=O. The van der Waals surface area contributed by atoms with E-state index < -0.39 is 87.4 Å². The molecule has 55 heavy (non-hydrogen) atoms. The highest BCUT2D eigenvalue weighted by Crippen LogP contribution is 2.28. The molecule has 0 radical (unpaired) electrons. The summed E-state index contributed by atoms with van der Waals surface area (Å²) in [6.07, 6.45) is 6.27. The van der Waals surface area contributed by atoms with Gasteiger partial charge in [-0.05, 0) is 63.4 Å². The summed E-state index contributed by atoms with van der Waals surface area (Å²) in [6.45, 7) is 0.841. The van der Waals surface area contributed by atoms with Crippen molar-refractivity contribution in [3.05, 3.63) is 52.0 Å². The summed E-state index contributed by atoms with van der Waals surface area (Å²) >= 11 is 1.18. The molecule has 0 spiro atoms. The molecule has 5 heterocycles. The Morgan fingerprint density at radius 1 is 0.673 bits per heavy atom. The number of hydrogen-bond acceptors (Lipinski definition) is 10. The number of thiazole rings is 1. The molecule has 3 N–H and O–H groups in total. The van der Waals surface area contributed by atoms with Crippen LogP contribution < -0.4 is 16.0 Å². The minimum absolute atomic E-state index is 0.0426. The van der Waals surface area contributed by atoms with Gasteiger partial charge in [0, 0.05) is 70.6 Å². The monoisotopic (exact) mass is 815 g/mol. The van der Waals surface area contributed by atoms with Crippen LogP contribution in [0.1, 0.15) is 78.5 Å². The molecule has 2 bridgehead atoms. The number of fused-ring (bicyclic) bond motifs is 5. The molecule has 0 saturated carbocycles. The maximum atomic E-state index is 14.3. The van der Waals surface area contributed by atoms with Gasteiger partial charge >= 0.3 is 0 Å². The van der Waals surface area contributed by atoms with Gasteiger partial charge in [0.25, 0.3) is 5.91 Å². The zero-order valence-corrected chi connectivity index (χ0v) is 33.6. The lowest BCUT2D eigenvalue weighted by atomic mass is 10.1. The second-order valence-corrected chi connectivity index (χ2v) is 18.6. The summed E-state index contributed by atoms with van der Waals surface area (Å²) in [5.74, 6) is -2.61. The summed E-state index contributed by atoms with van der Waals surface area (Å²) in [5.41, 5.74) is 0.948. The number of nitrogens with zero attached hydrogens (tertiary/aromatic N) is 4. The quantitative estimate of drug-likeness (QED) is 0.343. The first-order valence-corrected chi connectivity index (χ1v) is 23.2. The first kappa shape index (κ1) is 40.6. The van der Waals surface area contributed by atoms with Crippen LogP contribution in [-0.4, -0.2) is 137 Å². The average Bonchev–Trinajstić information content (AvgIpc) is 4.00. The molecule has 0 unspecified atom stereocenters. The highest BCUT2D eigenvalue weighted by molar-refractivity contribution is 7.84. The normalized spacial score (nSPS) is 28.1. The molecular formula is C37H49N7O8S3. The highest BCUT2D eigenvalue weighted by Gasteiger charge is 2.45. The maximum absolute atomic E-state index is 14.3. The predicted molar refractivity (Wildman–Crippen MR) is 208 cm³/mol. The van der Waals surface area contributed by atoms with Crippen LogP contribution in [0.3, 0.4) is 0 Å². The lowest BCUT2D eigenvalue weighted by Crippen LogP contribution is -2.58. The zero-order chi connectivity index (χ0) is 39.2. The first-order chi connectivity index (χ1) is 26.4. The fourth-order valence-corrected chi connectivity index (χ4v) is 9.92. The molecule has 6 rings (SSSR count). The lowest BCUT2D eigenvalue weighted by molar-refractivity contribution is -0.148. The molecule has 1 aromatic heterocycles. The summed E-state index contributed by atoms with van der Waals surface area (Å²) in [7, 11) is -2.54. The number of carbonyl (C=O) groups excluding carboxylic acids is 6. The Hall–Kier alpha value is -4.03. The molecule has 8 atom stereocenters. The lowest BCUT2D eigenvalue weighted by Gasteiger charge is -2.34. The van der Waals surface area contributed by atoms with Gasteiger partial charge in [-0.25, -0.2) is 4.98 Å². The Morgan fingerprint density at radius 3 is 1.73 bits per heavy atom. The van der Waals surface area contributed by atoms with Crippen LogP contribution >= 0.6 is 11.3 Å². The Balaban J connectivity index is 1.37. The van der Waals surface area contributed by atoms with E-state index in [0.717, 1.165) is 5.56 Å².